The van der Waals surface area contributed by atoms with E-state index in [9.17, 15) is 18.0 Å². The molecular weight excluding hydrogens is 314 g/mol. The van der Waals surface area contributed by atoms with Crippen LogP contribution < -0.4 is 4.72 Å². The van der Waals surface area contributed by atoms with Crippen molar-refractivity contribution in [1.29, 1.82) is 0 Å². The summed E-state index contributed by atoms with van der Waals surface area (Å²) in [5, 5.41) is 1.46. The van der Waals surface area contributed by atoms with Gasteiger partial charge in [0, 0.05) is 6.42 Å². The summed E-state index contributed by atoms with van der Waals surface area (Å²) in [6, 6.07) is 1.28. The Morgan fingerprint density at radius 2 is 2.10 bits per heavy atom. The highest BCUT2D eigenvalue weighted by molar-refractivity contribution is 7.90. The first kappa shape index (κ1) is 17.6. The molecule has 118 valence electrons. The molecule has 1 atom stereocenters. The van der Waals surface area contributed by atoms with Gasteiger partial charge in [-0.1, -0.05) is 26.7 Å². The lowest BCUT2D eigenvalue weighted by atomic mass is 10.0. The highest BCUT2D eigenvalue weighted by Crippen LogP contribution is 2.23. The number of carbonyl (C=O) groups is 2. The lowest BCUT2D eigenvalue weighted by Crippen LogP contribution is -2.32. The zero-order chi connectivity index (χ0) is 16.0. The smallest absolute Gasteiger partial charge is 0.349 e. The molecule has 0 aliphatic rings. The van der Waals surface area contributed by atoms with Gasteiger partial charge in [0.15, 0.2) is 0 Å². The first-order valence-electron chi connectivity index (χ1n) is 6.53. The van der Waals surface area contributed by atoms with Crippen molar-refractivity contribution in [2.45, 2.75) is 38.0 Å². The molecule has 1 aromatic rings. The van der Waals surface area contributed by atoms with Gasteiger partial charge in [0.25, 0.3) is 10.0 Å². The molecule has 0 saturated carbocycles. The van der Waals surface area contributed by atoms with E-state index in [4.69, 9.17) is 0 Å². The van der Waals surface area contributed by atoms with Gasteiger partial charge < -0.3 is 4.74 Å². The third-order valence-electron chi connectivity index (χ3n) is 2.85. The number of methoxy groups -OCH3 is 1. The predicted octanol–water partition coefficient (Wildman–Crippen LogP) is 2.17. The molecule has 1 aromatic heterocycles. The monoisotopic (exact) mass is 333 g/mol. The van der Waals surface area contributed by atoms with Crippen LogP contribution in [0.1, 0.15) is 42.8 Å². The molecule has 0 saturated heterocycles. The minimum Gasteiger partial charge on any atom is -0.465 e. The van der Waals surface area contributed by atoms with Crippen LogP contribution in [0.3, 0.4) is 0 Å². The first-order valence-corrected chi connectivity index (χ1v) is 8.89. The molecule has 0 unspecified atom stereocenters. The Morgan fingerprint density at radius 3 is 2.67 bits per heavy atom. The molecule has 1 amide bonds. The maximum absolute atomic E-state index is 12.2. The van der Waals surface area contributed by atoms with Crippen LogP contribution in [0.25, 0.3) is 0 Å². The normalized spacial score (nSPS) is 12.7. The van der Waals surface area contributed by atoms with Crippen molar-refractivity contribution in [3.63, 3.8) is 0 Å². The summed E-state index contributed by atoms with van der Waals surface area (Å²) in [5.74, 6) is -1.21. The first-order chi connectivity index (χ1) is 9.81. The van der Waals surface area contributed by atoms with Crippen LogP contribution in [0.15, 0.2) is 16.3 Å². The van der Waals surface area contributed by atoms with Crippen LogP contribution >= 0.6 is 11.3 Å². The fourth-order valence-electron chi connectivity index (χ4n) is 1.91. The molecule has 0 fully saturated rings. The highest BCUT2D eigenvalue weighted by Gasteiger charge is 2.26. The lowest BCUT2D eigenvalue weighted by Gasteiger charge is -2.11. The molecule has 1 heterocycles. The summed E-state index contributed by atoms with van der Waals surface area (Å²) < 4.78 is 30.8. The van der Waals surface area contributed by atoms with Crippen molar-refractivity contribution < 1.29 is 22.7 Å². The van der Waals surface area contributed by atoms with Crippen molar-refractivity contribution in [3.05, 3.63) is 16.3 Å². The number of hydrogen-bond donors (Lipinski definition) is 1. The van der Waals surface area contributed by atoms with Gasteiger partial charge in [-0.3, -0.25) is 4.79 Å². The summed E-state index contributed by atoms with van der Waals surface area (Å²) >= 11 is 0.953. The number of ether oxygens (including phenoxy) is 1. The number of amides is 1. The van der Waals surface area contributed by atoms with E-state index in [-0.39, 0.29) is 22.1 Å². The van der Waals surface area contributed by atoms with Gasteiger partial charge in [0.1, 0.15) is 9.77 Å². The molecule has 0 radical (unpaired) electrons. The van der Waals surface area contributed by atoms with Crippen molar-refractivity contribution in [1.82, 2.24) is 4.72 Å². The number of esters is 1. The van der Waals surface area contributed by atoms with E-state index >= 15 is 0 Å². The van der Waals surface area contributed by atoms with E-state index in [1.165, 1.54) is 18.6 Å². The summed E-state index contributed by atoms with van der Waals surface area (Å²) in [6.45, 7) is 3.89. The zero-order valence-electron chi connectivity index (χ0n) is 12.2. The maximum atomic E-state index is 12.2. The number of sulfonamides is 1. The fraction of sp³-hybridized carbons (Fsp3) is 0.538. The molecular formula is C13H19NO5S2. The van der Waals surface area contributed by atoms with E-state index in [1.807, 2.05) is 18.6 Å². The second-order valence-electron chi connectivity index (χ2n) is 4.73. The summed E-state index contributed by atoms with van der Waals surface area (Å²) in [5.41, 5.74) is 0. The van der Waals surface area contributed by atoms with Gasteiger partial charge in [0.2, 0.25) is 5.91 Å². The number of rotatable bonds is 7. The van der Waals surface area contributed by atoms with E-state index in [1.54, 1.807) is 0 Å². The van der Waals surface area contributed by atoms with Crippen LogP contribution in [-0.2, 0) is 19.6 Å². The van der Waals surface area contributed by atoms with E-state index in [0.29, 0.717) is 0 Å². The number of hydrogen-bond acceptors (Lipinski definition) is 6. The van der Waals surface area contributed by atoms with Crippen molar-refractivity contribution in [3.8, 4) is 0 Å². The second kappa shape index (κ2) is 7.56. The molecule has 1 N–H and O–H groups in total. The van der Waals surface area contributed by atoms with Gasteiger partial charge >= 0.3 is 5.97 Å². The molecule has 0 bridgehead atoms. The van der Waals surface area contributed by atoms with Crippen molar-refractivity contribution >= 4 is 33.2 Å². The van der Waals surface area contributed by atoms with Gasteiger partial charge in [-0.15, -0.1) is 11.3 Å². The standard InChI is InChI=1S/C13H19NO5S2/c1-4-5-9(2)8-11(15)14-21(17,18)10-6-7-20-12(10)13(16)19-3/h6-7,9H,4-5,8H2,1-3H3,(H,14,15)/t9-/m0/s1. The Morgan fingerprint density at radius 1 is 1.43 bits per heavy atom. The minimum atomic E-state index is -4.05. The maximum Gasteiger partial charge on any atom is 0.349 e. The Labute approximate surface area is 128 Å². The van der Waals surface area contributed by atoms with Crippen LogP contribution in [-0.4, -0.2) is 27.4 Å². The predicted molar refractivity (Wildman–Crippen MR) is 79.7 cm³/mol. The molecule has 0 aromatic carbocycles. The van der Waals surface area contributed by atoms with Gasteiger partial charge in [-0.05, 0) is 17.4 Å². The van der Waals surface area contributed by atoms with Crippen molar-refractivity contribution in [2.75, 3.05) is 7.11 Å². The van der Waals surface area contributed by atoms with E-state index in [0.717, 1.165) is 24.2 Å². The molecule has 0 aliphatic carbocycles. The Hall–Kier alpha value is -1.41. The number of carbonyl (C=O) groups excluding carboxylic acids is 2. The minimum absolute atomic E-state index is 0.0422. The second-order valence-corrected chi connectivity index (χ2v) is 7.30. The molecule has 21 heavy (non-hydrogen) atoms. The van der Waals surface area contributed by atoms with E-state index in [2.05, 4.69) is 4.74 Å². The zero-order valence-corrected chi connectivity index (χ0v) is 13.8. The number of thiophene rings is 1. The average Bonchev–Trinajstić information content (AvgIpc) is 2.87. The Kier molecular flexibility index (Phi) is 6.35. The van der Waals surface area contributed by atoms with Crippen LogP contribution in [0.4, 0.5) is 0 Å². The quantitative estimate of drug-likeness (QED) is 0.772. The SMILES string of the molecule is CCC[C@H](C)CC(=O)NS(=O)(=O)c1ccsc1C(=O)OC. The summed E-state index contributed by atoms with van der Waals surface area (Å²) in [4.78, 5) is 23.0. The third-order valence-corrected chi connectivity index (χ3v) is 5.29. The van der Waals surface area contributed by atoms with Crippen LogP contribution in [0.5, 0.6) is 0 Å². The number of nitrogens with one attached hydrogen (secondary N) is 1. The molecule has 8 heteroatoms. The van der Waals surface area contributed by atoms with Gasteiger partial charge in [-0.2, -0.15) is 0 Å². The summed E-state index contributed by atoms with van der Waals surface area (Å²) in [7, 11) is -2.88. The van der Waals surface area contributed by atoms with Gasteiger partial charge in [0.05, 0.1) is 7.11 Å². The largest absolute Gasteiger partial charge is 0.465 e. The molecule has 0 aliphatic heterocycles. The highest BCUT2D eigenvalue weighted by atomic mass is 32.2. The van der Waals surface area contributed by atoms with Crippen LogP contribution in [0, 0.1) is 5.92 Å². The van der Waals surface area contributed by atoms with Gasteiger partial charge in [-0.25, -0.2) is 17.9 Å². The Balaban J connectivity index is 2.85. The molecule has 6 nitrogen and oxygen atoms in total. The fourth-order valence-corrected chi connectivity index (χ4v) is 4.24. The summed E-state index contributed by atoms with van der Waals surface area (Å²) in [6.07, 6.45) is 1.91. The molecule has 1 rings (SSSR count). The Bertz CT molecular complexity index is 606. The third kappa shape index (κ3) is 4.82. The average molecular weight is 333 g/mol. The molecule has 0 spiro atoms. The van der Waals surface area contributed by atoms with Crippen LogP contribution in [0.2, 0.25) is 0 Å². The lowest BCUT2D eigenvalue weighted by molar-refractivity contribution is -0.120. The van der Waals surface area contributed by atoms with E-state index < -0.39 is 21.9 Å². The topological polar surface area (TPSA) is 89.5 Å². The van der Waals surface area contributed by atoms with Crippen molar-refractivity contribution in [2.24, 2.45) is 5.92 Å².